The minimum Gasteiger partial charge on any atom is -0.462 e. The zero-order chi connectivity index (χ0) is 37.6. The van der Waals surface area contributed by atoms with Crippen LogP contribution in [0.3, 0.4) is 0 Å². The zero-order valence-corrected chi connectivity index (χ0v) is 33.5. The van der Waals surface area contributed by atoms with Crippen molar-refractivity contribution in [3.05, 3.63) is 59.7 Å². The third kappa shape index (κ3) is 9.60. The highest BCUT2D eigenvalue weighted by molar-refractivity contribution is 6.74. The predicted molar refractivity (Wildman–Crippen MR) is 204 cm³/mol. The first-order valence-corrected chi connectivity index (χ1v) is 21.5. The zero-order valence-electron chi connectivity index (χ0n) is 32.5. The summed E-state index contributed by atoms with van der Waals surface area (Å²) < 4.78 is 24.1. The summed E-state index contributed by atoms with van der Waals surface area (Å²) in [4.78, 5) is 43.9. The maximum absolute atomic E-state index is 14.7. The molecule has 3 amide bonds. The Bertz CT molecular complexity index is 1500. The number of esters is 1. The van der Waals surface area contributed by atoms with Gasteiger partial charge in [0.05, 0.1) is 25.3 Å². The number of anilines is 2. The number of benzene rings is 2. The highest BCUT2D eigenvalue weighted by Gasteiger charge is 2.54. The molecule has 1 fully saturated rings. The summed E-state index contributed by atoms with van der Waals surface area (Å²) in [5.41, 5.74) is 0.979. The smallest absolute Gasteiger partial charge is 0.320 e. The quantitative estimate of drug-likeness (QED) is 0.108. The van der Waals surface area contributed by atoms with Gasteiger partial charge in [-0.25, -0.2) is 4.79 Å². The van der Waals surface area contributed by atoms with Crippen LogP contribution in [0.25, 0.3) is 0 Å². The first-order valence-electron chi connectivity index (χ1n) is 18.6. The van der Waals surface area contributed by atoms with Gasteiger partial charge in [0.1, 0.15) is 6.10 Å². The molecule has 2 aromatic carbocycles. The van der Waals surface area contributed by atoms with E-state index in [1.807, 2.05) is 50.2 Å². The molecule has 3 unspecified atom stereocenters. The van der Waals surface area contributed by atoms with E-state index >= 15 is 0 Å². The summed E-state index contributed by atoms with van der Waals surface area (Å²) in [5, 5.41) is 5.93. The molecule has 10 nitrogen and oxygen atoms in total. The number of nitrogens with one attached hydrogen (secondary N) is 2. The first-order chi connectivity index (χ1) is 23.9. The Hall–Kier alpha value is -3.25. The minimum absolute atomic E-state index is 0.0611. The molecule has 2 N–H and O–H groups in total. The Labute approximate surface area is 306 Å². The monoisotopic (exact) mass is 723 g/mol. The van der Waals surface area contributed by atoms with E-state index in [9.17, 15) is 14.4 Å². The molecule has 4 rings (SSSR count). The molecule has 282 valence electrons. The Balaban J connectivity index is 1.59. The molecule has 1 heterocycles. The molecule has 1 saturated carbocycles. The van der Waals surface area contributed by atoms with Gasteiger partial charge in [-0.3, -0.25) is 9.59 Å². The minimum atomic E-state index is -1.93. The SMILES string of the molecule is CCOC(CN1C(=O)C(CC(=O)OC2CCCC(C)(C(C)C)C2)(NC(=O)Nc2ccc(CO[Si](C)(C)C(C)(C)C)cc2)c2ccccc21)OCC. The molecular weight excluding hydrogens is 663 g/mol. The van der Waals surface area contributed by atoms with E-state index in [4.69, 9.17) is 18.6 Å². The Morgan fingerprint density at radius 2 is 1.67 bits per heavy atom. The second-order valence-corrected chi connectivity index (χ2v) is 21.0. The van der Waals surface area contributed by atoms with Crippen LogP contribution in [0.4, 0.5) is 16.2 Å². The number of hydrogen-bond donors (Lipinski definition) is 2. The highest BCUT2D eigenvalue weighted by Crippen LogP contribution is 2.45. The van der Waals surface area contributed by atoms with E-state index < -0.39 is 38.1 Å². The van der Waals surface area contributed by atoms with E-state index in [2.05, 4.69) is 65.3 Å². The van der Waals surface area contributed by atoms with Crippen LogP contribution in [-0.4, -0.2) is 58.4 Å². The van der Waals surface area contributed by atoms with Crippen LogP contribution in [0.2, 0.25) is 18.1 Å². The van der Waals surface area contributed by atoms with E-state index in [-0.39, 0.29) is 29.5 Å². The van der Waals surface area contributed by atoms with E-state index in [0.717, 1.165) is 31.2 Å². The van der Waals surface area contributed by atoms with Crippen LogP contribution < -0.4 is 15.5 Å². The van der Waals surface area contributed by atoms with Crippen molar-refractivity contribution in [2.24, 2.45) is 11.3 Å². The van der Waals surface area contributed by atoms with Crippen molar-refractivity contribution in [1.29, 1.82) is 0 Å². The van der Waals surface area contributed by atoms with Gasteiger partial charge in [-0.15, -0.1) is 0 Å². The van der Waals surface area contributed by atoms with Crippen molar-refractivity contribution in [2.45, 2.75) is 130 Å². The third-order valence-electron chi connectivity index (χ3n) is 11.3. The van der Waals surface area contributed by atoms with Crippen molar-refractivity contribution < 1.29 is 33.0 Å². The second kappa shape index (κ2) is 16.6. The molecule has 0 saturated heterocycles. The standard InChI is InChI=1S/C40H61N3O7Si/c1-11-47-35(48-12-2)26-43-33-18-14-13-17-32(33)40(36(43)45,25-34(44)50-31-16-15-23-39(8,24-31)28(3)4)42-37(46)41-30-21-19-29(20-22-30)27-49-51(9,10)38(5,6)7/h13-14,17-22,28,31,35H,11-12,15-16,23-27H2,1-10H3,(H2,41,42,46). The lowest BCUT2D eigenvalue weighted by molar-refractivity contribution is -0.156. The molecule has 0 spiro atoms. The summed E-state index contributed by atoms with van der Waals surface area (Å²) >= 11 is 0. The lowest BCUT2D eigenvalue weighted by atomic mass is 9.67. The first kappa shape index (κ1) is 40.5. The molecule has 0 aromatic heterocycles. The van der Waals surface area contributed by atoms with E-state index in [1.165, 1.54) is 0 Å². The third-order valence-corrected chi connectivity index (χ3v) is 15.8. The lowest BCUT2D eigenvalue weighted by Crippen LogP contribution is -2.56. The van der Waals surface area contributed by atoms with Gasteiger partial charge in [0.25, 0.3) is 5.91 Å². The number of fused-ring (bicyclic) bond motifs is 1. The number of nitrogens with zero attached hydrogens (tertiary/aromatic N) is 1. The average molecular weight is 724 g/mol. The molecule has 2 aromatic rings. The summed E-state index contributed by atoms with van der Waals surface area (Å²) in [6.45, 7) is 22.8. The molecule has 1 aliphatic carbocycles. The van der Waals surface area contributed by atoms with Crippen LogP contribution >= 0.6 is 0 Å². The summed E-state index contributed by atoms with van der Waals surface area (Å²) in [7, 11) is -1.93. The molecule has 0 bridgehead atoms. The fourth-order valence-corrected chi connectivity index (χ4v) is 7.72. The number of ether oxygens (including phenoxy) is 3. The average Bonchev–Trinajstić information content (AvgIpc) is 3.26. The molecule has 1 aliphatic heterocycles. The van der Waals surface area contributed by atoms with Crippen molar-refractivity contribution >= 4 is 37.6 Å². The lowest BCUT2D eigenvalue weighted by Gasteiger charge is -2.41. The number of carbonyl (C=O) groups excluding carboxylic acids is 3. The number of urea groups is 1. The number of amides is 3. The number of rotatable bonds is 15. The maximum atomic E-state index is 14.7. The van der Waals surface area contributed by atoms with Gasteiger partial charge in [0.2, 0.25) is 0 Å². The van der Waals surface area contributed by atoms with Gasteiger partial charge < -0.3 is 34.2 Å². The van der Waals surface area contributed by atoms with Crippen LogP contribution in [0.5, 0.6) is 0 Å². The molecule has 51 heavy (non-hydrogen) atoms. The van der Waals surface area contributed by atoms with Gasteiger partial charge in [-0.05, 0) is 92.8 Å². The van der Waals surface area contributed by atoms with E-state index in [1.54, 1.807) is 17.0 Å². The van der Waals surface area contributed by atoms with Gasteiger partial charge in [-0.1, -0.05) is 71.9 Å². The highest BCUT2D eigenvalue weighted by atomic mass is 28.4. The van der Waals surface area contributed by atoms with Gasteiger partial charge in [0, 0.05) is 24.5 Å². The predicted octanol–water partition coefficient (Wildman–Crippen LogP) is 8.51. The van der Waals surface area contributed by atoms with Gasteiger partial charge in [-0.2, -0.15) is 0 Å². The van der Waals surface area contributed by atoms with Crippen molar-refractivity contribution in [2.75, 3.05) is 30.0 Å². The van der Waals surface area contributed by atoms with Crippen LogP contribution in [0.15, 0.2) is 48.5 Å². The Kier molecular flexibility index (Phi) is 13.2. The van der Waals surface area contributed by atoms with Crippen molar-refractivity contribution in [1.82, 2.24) is 5.32 Å². The van der Waals surface area contributed by atoms with Crippen molar-refractivity contribution in [3.63, 3.8) is 0 Å². The maximum Gasteiger partial charge on any atom is 0.320 e. The van der Waals surface area contributed by atoms with Gasteiger partial charge in [0.15, 0.2) is 20.1 Å². The summed E-state index contributed by atoms with van der Waals surface area (Å²) in [6, 6.07) is 14.1. The topological polar surface area (TPSA) is 115 Å². The Morgan fingerprint density at radius 1 is 1.02 bits per heavy atom. The fraction of sp³-hybridized carbons (Fsp3) is 0.625. The number of para-hydroxylation sites is 1. The Morgan fingerprint density at radius 3 is 2.27 bits per heavy atom. The molecule has 2 aliphatic rings. The number of carbonyl (C=O) groups is 3. The largest absolute Gasteiger partial charge is 0.462 e. The van der Waals surface area contributed by atoms with Gasteiger partial charge >= 0.3 is 12.0 Å². The molecule has 0 radical (unpaired) electrons. The number of hydrogen-bond acceptors (Lipinski definition) is 7. The summed E-state index contributed by atoms with van der Waals surface area (Å²) in [5.74, 6) is -0.542. The summed E-state index contributed by atoms with van der Waals surface area (Å²) in [6.07, 6.45) is 2.26. The normalized spacial score (nSPS) is 22.3. The fourth-order valence-electron chi connectivity index (χ4n) is 6.76. The van der Waals surface area contributed by atoms with Crippen molar-refractivity contribution in [3.8, 4) is 0 Å². The van der Waals surface area contributed by atoms with E-state index in [0.29, 0.717) is 42.7 Å². The second-order valence-electron chi connectivity index (χ2n) is 16.2. The van der Waals surface area contributed by atoms with Crippen LogP contribution in [0, 0.1) is 11.3 Å². The molecule has 3 atom stereocenters. The van der Waals surface area contributed by atoms with Crippen LogP contribution in [-0.2, 0) is 40.4 Å². The molecular formula is C40H61N3O7Si. The molecule has 11 heteroatoms. The van der Waals surface area contributed by atoms with Crippen LogP contribution in [0.1, 0.15) is 98.6 Å².